The van der Waals surface area contributed by atoms with E-state index in [9.17, 15) is 13.6 Å². The summed E-state index contributed by atoms with van der Waals surface area (Å²) < 4.78 is 26.9. The molecule has 1 atom stereocenters. The van der Waals surface area contributed by atoms with Crippen LogP contribution in [0.2, 0.25) is 0 Å². The lowest BCUT2D eigenvalue weighted by atomic mass is 10.1. The molecule has 0 heterocycles. The third-order valence-electron chi connectivity index (χ3n) is 1.89. The normalized spacial score (nSPS) is 12.3. The second-order valence-corrected chi connectivity index (χ2v) is 4.22. The molecule has 2 N–H and O–H groups in total. The molecule has 88 valence electrons. The molecule has 0 bridgehead atoms. The first-order valence-electron chi connectivity index (χ1n) is 4.52. The molecule has 0 radical (unpaired) electrons. The van der Waals surface area contributed by atoms with Gasteiger partial charge in [-0.15, -0.1) is 0 Å². The van der Waals surface area contributed by atoms with Crippen molar-refractivity contribution in [2.75, 3.05) is 6.61 Å². The number of carbonyl (C=O) groups excluding carboxylic acids is 1. The van der Waals surface area contributed by atoms with Crippen LogP contribution in [-0.2, 0) is 0 Å². The van der Waals surface area contributed by atoms with Crippen LogP contribution in [-0.4, -0.2) is 23.7 Å². The summed E-state index contributed by atoms with van der Waals surface area (Å²) in [5, 5.41) is 11.0. The van der Waals surface area contributed by atoms with Gasteiger partial charge in [-0.25, -0.2) is 8.78 Å². The van der Waals surface area contributed by atoms with Crippen LogP contribution in [0.3, 0.4) is 0 Å². The minimum absolute atomic E-state index is 0.217. The van der Waals surface area contributed by atoms with Gasteiger partial charge in [-0.3, -0.25) is 4.79 Å². The minimum Gasteiger partial charge on any atom is -0.394 e. The summed E-state index contributed by atoms with van der Waals surface area (Å²) in [5.41, 5.74) is -0.650. The van der Waals surface area contributed by atoms with E-state index in [0.29, 0.717) is 0 Å². The van der Waals surface area contributed by atoms with Gasteiger partial charge in [0.2, 0.25) is 0 Å². The van der Waals surface area contributed by atoms with Crippen molar-refractivity contribution in [3.8, 4) is 0 Å². The second-order valence-electron chi connectivity index (χ2n) is 3.30. The maximum atomic E-state index is 13.3. The lowest BCUT2D eigenvalue weighted by molar-refractivity contribution is 0.0913. The number of benzene rings is 1. The molecule has 0 saturated heterocycles. The molecule has 1 aromatic rings. The highest BCUT2D eigenvalue weighted by molar-refractivity contribution is 9.10. The van der Waals surface area contributed by atoms with Crippen LogP contribution in [0.15, 0.2) is 16.6 Å². The Hall–Kier alpha value is -1.01. The van der Waals surface area contributed by atoms with Crippen LogP contribution >= 0.6 is 15.9 Å². The minimum atomic E-state index is -0.950. The first-order chi connectivity index (χ1) is 7.45. The number of hydrogen-bond donors (Lipinski definition) is 2. The maximum Gasteiger partial charge on any atom is 0.257 e. The van der Waals surface area contributed by atoms with Gasteiger partial charge in [-0.2, -0.15) is 0 Å². The molecule has 1 unspecified atom stereocenters. The summed E-state index contributed by atoms with van der Waals surface area (Å²) in [6.45, 7) is 1.22. The van der Waals surface area contributed by atoms with Gasteiger partial charge in [0.25, 0.3) is 5.91 Å². The van der Waals surface area contributed by atoms with Crippen molar-refractivity contribution in [2.45, 2.75) is 13.0 Å². The molecule has 0 aliphatic rings. The first-order valence-corrected chi connectivity index (χ1v) is 5.31. The van der Waals surface area contributed by atoms with Gasteiger partial charge in [-0.05, 0) is 19.1 Å². The van der Waals surface area contributed by atoms with Gasteiger partial charge in [0.15, 0.2) is 0 Å². The van der Waals surface area contributed by atoms with Crippen molar-refractivity contribution >= 4 is 21.8 Å². The van der Waals surface area contributed by atoms with E-state index in [0.717, 1.165) is 12.1 Å². The zero-order chi connectivity index (χ0) is 12.3. The van der Waals surface area contributed by atoms with E-state index in [1.54, 1.807) is 0 Å². The van der Waals surface area contributed by atoms with Crippen molar-refractivity contribution in [3.05, 3.63) is 33.8 Å². The Labute approximate surface area is 99.6 Å². The Kier molecular flexibility index (Phi) is 4.37. The molecular formula is C10H10BrF2NO2. The average molecular weight is 294 g/mol. The average Bonchev–Trinajstić information content (AvgIpc) is 2.15. The molecule has 6 heteroatoms. The Bertz CT molecular complexity index is 389. The van der Waals surface area contributed by atoms with Crippen LogP contribution in [0.1, 0.15) is 17.3 Å². The largest absolute Gasteiger partial charge is 0.394 e. The topological polar surface area (TPSA) is 49.3 Å². The molecule has 1 amide bonds. The molecule has 3 nitrogen and oxygen atoms in total. The van der Waals surface area contributed by atoms with Crippen LogP contribution in [0.4, 0.5) is 8.78 Å². The fourth-order valence-corrected chi connectivity index (χ4v) is 1.50. The van der Waals surface area contributed by atoms with Crippen LogP contribution < -0.4 is 5.32 Å². The Morgan fingerprint density at radius 1 is 1.50 bits per heavy atom. The molecule has 0 saturated carbocycles. The van der Waals surface area contributed by atoms with Gasteiger partial charge < -0.3 is 10.4 Å². The molecule has 1 rings (SSSR count). The quantitative estimate of drug-likeness (QED) is 0.893. The maximum absolute atomic E-state index is 13.3. The number of rotatable bonds is 3. The van der Waals surface area contributed by atoms with Gasteiger partial charge >= 0.3 is 0 Å². The highest BCUT2D eigenvalue weighted by Gasteiger charge is 2.19. The molecule has 0 fully saturated rings. The van der Waals surface area contributed by atoms with Crippen LogP contribution in [0.5, 0.6) is 0 Å². The zero-order valence-corrected chi connectivity index (χ0v) is 10.0. The van der Waals surface area contributed by atoms with Crippen molar-refractivity contribution in [1.29, 1.82) is 0 Å². The van der Waals surface area contributed by atoms with Crippen LogP contribution in [0.25, 0.3) is 0 Å². The third kappa shape index (κ3) is 2.99. The zero-order valence-electron chi connectivity index (χ0n) is 8.43. The van der Waals surface area contributed by atoms with E-state index in [-0.39, 0.29) is 11.1 Å². The van der Waals surface area contributed by atoms with E-state index in [1.165, 1.54) is 6.92 Å². The predicted octanol–water partition coefficient (Wildman–Crippen LogP) is 1.84. The number of halogens is 3. The number of aliphatic hydroxyl groups excluding tert-OH is 1. The SMILES string of the molecule is CC(CO)NC(=O)c1c(F)cc(Br)cc1F. The monoisotopic (exact) mass is 293 g/mol. The van der Waals surface area contributed by atoms with E-state index in [2.05, 4.69) is 21.2 Å². The van der Waals surface area contributed by atoms with E-state index < -0.39 is 29.1 Å². The summed E-state index contributed by atoms with van der Waals surface area (Å²) in [5.74, 6) is -2.78. The van der Waals surface area contributed by atoms with Gasteiger partial charge in [-0.1, -0.05) is 15.9 Å². The van der Waals surface area contributed by atoms with Gasteiger partial charge in [0.05, 0.1) is 6.61 Å². The number of amides is 1. The number of carbonyl (C=O) groups is 1. The molecule has 0 aliphatic heterocycles. The summed E-state index contributed by atoms with van der Waals surface area (Å²) >= 11 is 2.91. The second kappa shape index (κ2) is 5.36. The fraction of sp³-hybridized carbons (Fsp3) is 0.300. The molecule has 1 aromatic carbocycles. The molecule has 0 aliphatic carbocycles. The highest BCUT2D eigenvalue weighted by atomic mass is 79.9. The summed E-state index contributed by atoms with van der Waals surface area (Å²) in [7, 11) is 0. The van der Waals surface area contributed by atoms with Crippen LogP contribution in [0, 0.1) is 11.6 Å². The van der Waals surface area contributed by atoms with Gasteiger partial charge in [0.1, 0.15) is 17.2 Å². The van der Waals surface area contributed by atoms with Gasteiger partial charge in [0, 0.05) is 10.5 Å². The van der Waals surface area contributed by atoms with Crippen molar-refractivity contribution < 1.29 is 18.7 Å². The molecule has 16 heavy (non-hydrogen) atoms. The Morgan fingerprint density at radius 3 is 2.44 bits per heavy atom. The smallest absolute Gasteiger partial charge is 0.257 e. The number of nitrogens with one attached hydrogen (secondary N) is 1. The first kappa shape index (κ1) is 13.1. The van der Waals surface area contributed by atoms with Crippen molar-refractivity contribution in [1.82, 2.24) is 5.32 Å². The lowest BCUT2D eigenvalue weighted by Crippen LogP contribution is -2.36. The summed E-state index contributed by atoms with van der Waals surface area (Å²) in [4.78, 5) is 11.4. The number of hydrogen-bond acceptors (Lipinski definition) is 2. The highest BCUT2D eigenvalue weighted by Crippen LogP contribution is 2.19. The summed E-state index contributed by atoms with van der Waals surface area (Å²) in [6.07, 6.45) is 0. The molecular weight excluding hydrogens is 284 g/mol. The third-order valence-corrected chi connectivity index (χ3v) is 2.34. The number of aliphatic hydroxyl groups is 1. The molecule has 0 aromatic heterocycles. The predicted molar refractivity (Wildman–Crippen MR) is 58.1 cm³/mol. The Morgan fingerprint density at radius 2 is 2.00 bits per heavy atom. The lowest BCUT2D eigenvalue weighted by Gasteiger charge is -2.11. The summed E-state index contributed by atoms with van der Waals surface area (Å²) in [6, 6.07) is 1.44. The van der Waals surface area contributed by atoms with Crippen molar-refractivity contribution in [2.24, 2.45) is 0 Å². The van der Waals surface area contributed by atoms with E-state index in [4.69, 9.17) is 5.11 Å². The fourth-order valence-electron chi connectivity index (χ4n) is 1.10. The van der Waals surface area contributed by atoms with E-state index >= 15 is 0 Å². The van der Waals surface area contributed by atoms with E-state index in [1.807, 2.05) is 0 Å². The Balaban J connectivity index is 3.00. The molecule has 0 spiro atoms. The van der Waals surface area contributed by atoms with Crippen molar-refractivity contribution in [3.63, 3.8) is 0 Å². The standard InChI is InChI=1S/C10H10BrF2NO2/c1-5(4-15)14-10(16)9-7(12)2-6(11)3-8(9)13/h2-3,5,15H,4H2,1H3,(H,14,16).